The Bertz CT molecular complexity index is 1270. The second-order valence-electron chi connectivity index (χ2n) is 7.31. The minimum absolute atomic E-state index is 0.0263. The van der Waals surface area contributed by atoms with Gasteiger partial charge in [0, 0.05) is 6.07 Å². The van der Waals surface area contributed by atoms with E-state index in [-0.39, 0.29) is 34.4 Å². The number of carbonyl (C=O) groups is 1. The monoisotopic (exact) mass is 482 g/mol. The number of hydrogen-bond donors (Lipinski definition) is 1. The number of ether oxygens (including phenoxy) is 3. The van der Waals surface area contributed by atoms with E-state index in [0.717, 1.165) is 6.07 Å². The van der Waals surface area contributed by atoms with Crippen LogP contribution in [0.1, 0.15) is 13.8 Å². The second kappa shape index (κ2) is 8.17. The highest BCUT2D eigenvalue weighted by Crippen LogP contribution is 2.36. The molecule has 12 heteroatoms. The van der Waals surface area contributed by atoms with Gasteiger partial charge in [0.05, 0.1) is 29.7 Å². The fourth-order valence-corrected chi connectivity index (χ4v) is 6.54. The Kier molecular flexibility index (Phi) is 5.67. The van der Waals surface area contributed by atoms with Gasteiger partial charge in [0.25, 0.3) is 10.0 Å². The Morgan fingerprint density at radius 3 is 2.50 bits per heavy atom. The molecule has 2 heterocycles. The van der Waals surface area contributed by atoms with Crippen molar-refractivity contribution in [3.8, 4) is 17.2 Å². The third-order valence-corrected chi connectivity index (χ3v) is 8.18. The Balaban J connectivity index is 1.74. The minimum Gasteiger partial charge on any atom is -0.492 e. The molecule has 1 atom stereocenters. The number of benzene rings is 2. The number of hydrogen-bond acceptors (Lipinski definition) is 8. The highest BCUT2D eigenvalue weighted by molar-refractivity contribution is 7.94. The van der Waals surface area contributed by atoms with Gasteiger partial charge in [-0.2, -0.15) is 0 Å². The average Bonchev–Trinajstić information content (AvgIpc) is 2.94. The zero-order valence-electron chi connectivity index (χ0n) is 17.4. The maximum absolute atomic E-state index is 13.2. The van der Waals surface area contributed by atoms with E-state index >= 15 is 0 Å². The summed E-state index contributed by atoms with van der Waals surface area (Å²) in [5.74, 6) is -0.740. The van der Waals surface area contributed by atoms with Gasteiger partial charge in [-0.05, 0) is 37.3 Å². The summed E-state index contributed by atoms with van der Waals surface area (Å²) in [6.45, 7) is 4.13. The van der Waals surface area contributed by atoms with E-state index in [4.69, 9.17) is 14.2 Å². The van der Waals surface area contributed by atoms with Gasteiger partial charge in [-0.25, -0.2) is 21.1 Å². The topological polar surface area (TPSA) is 128 Å². The van der Waals surface area contributed by atoms with Crippen LogP contribution in [-0.2, 0) is 24.8 Å². The first-order valence-corrected chi connectivity index (χ1v) is 13.0. The molecule has 0 aliphatic carbocycles. The van der Waals surface area contributed by atoms with Gasteiger partial charge in [0.1, 0.15) is 23.9 Å². The molecule has 0 radical (unpaired) electrons. The summed E-state index contributed by atoms with van der Waals surface area (Å²) in [4.78, 5) is 12.1. The van der Waals surface area contributed by atoms with Crippen molar-refractivity contribution >= 4 is 37.3 Å². The van der Waals surface area contributed by atoms with Crippen LogP contribution < -0.4 is 23.2 Å². The van der Waals surface area contributed by atoms with Crippen molar-refractivity contribution < 1.29 is 35.8 Å². The molecule has 0 bridgehead atoms. The van der Waals surface area contributed by atoms with Crippen LogP contribution in [0.15, 0.2) is 41.3 Å². The summed E-state index contributed by atoms with van der Waals surface area (Å²) in [6.07, 6.45) is 0. The molecule has 2 aliphatic heterocycles. The fourth-order valence-electron chi connectivity index (χ4n) is 3.51. The standard InChI is InChI=1S/C20H22N2O8S2/c1-3-28-17-7-5-15(22-20(23)13(2)12-31(22,24)25)11-19(17)32(26,27)21-14-4-6-16-18(10-14)30-9-8-29-16/h4-7,10-11,13,21H,3,8-9,12H2,1-2H3. The SMILES string of the molecule is CCOc1ccc(N2C(=O)C(C)CS2(=O)=O)cc1S(=O)(=O)Nc1ccc2c(c1)OCCO2. The van der Waals surface area contributed by atoms with E-state index in [1.807, 2.05) is 0 Å². The van der Waals surface area contributed by atoms with Gasteiger partial charge >= 0.3 is 0 Å². The van der Waals surface area contributed by atoms with Gasteiger partial charge in [-0.3, -0.25) is 9.52 Å². The number of fused-ring (bicyclic) bond motifs is 1. The van der Waals surface area contributed by atoms with Crippen molar-refractivity contribution in [3.63, 3.8) is 0 Å². The molecule has 0 saturated carbocycles. The quantitative estimate of drug-likeness (QED) is 0.662. The van der Waals surface area contributed by atoms with Crippen LogP contribution in [0, 0.1) is 5.92 Å². The first kappa shape index (κ1) is 22.2. The summed E-state index contributed by atoms with van der Waals surface area (Å²) in [5, 5.41) is 0. The average molecular weight is 483 g/mol. The molecule has 1 fully saturated rings. The van der Waals surface area contributed by atoms with Crippen LogP contribution in [0.3, 0.4) is 0 Å². The number of rotatable bonds is 6. The van der Waals surface area contributed by atoms with E-state index in [2.05, 4.69) is 4.72 Å². The number of anilines is 2. The van der Waals surface area contributed by atoms with Crippen LogP contribution in [0.25, 0.3) is 0 Å². The highest BCUT2D eigenvalue weighted by atomic mass is 32.2. The predicted octanol–water partition coefficient (Wildman–Crippen LogP) is 1.97. The number of carbonyl (C=O) groups excluding carboxylic acids is 1. The summed E-state index contributed by atoms with van der Waals surface area (Å²) in [6, 6.07) is 8.41. The Labute approximate surface area is 186 Å². The predicted molar refractivity (Wildman–Crippen MR) is 116 cm³/mol. The highest BCUT2D eigenvalue weighted by Gasteiger charge is 2.42. The molecule has 1 saturated heterocycles. The normalized spacial score (nSPS) is 19.6. The summed E-state index contributed by atoms with van der Waals surface area (Å²) in [7, 11) is -8.11. The van der Waals surface area contributed by atoms with Gasteiger partial charge in [0.15, 0.2) is 11.5 Å². The summed E-state index contributed by atoms with van der Waals surface area (Å²) < 4.78 is 70.8. The zero-order valence-corrected chi connectivity index (χ0v) is 19.0. The maximum atomic E-state index is 13.2. The Hall–Kier alpha value is -2.99. The molecule has 172 valence electrons. The number of nitrogens with zero attached hydrogens (tertiary/aromatic N) is 1. The molecule has 2 aromatic carbocycles. The fraction of sp³-hybridized carbons (Fsp3) is 0.350. The molecule has 10 nitrogen and oxygen atoms in total. The summed E-state index contributed by atoms with van der Waals surface area (Å²) >= 11 is 0. The van der Waals surface area contributed by atoms with Crippen molar-refractivity contribution in [2.24, 2.45) is 5.92 Å². The van der Waals surface area contributed by atoms with E-state index in [1.165, 1.54) is 31.2 Å². The van der Waals surface area contributed by atoms with Gasteiger partial charge in [-0.15, -0.1) is 0 Å². The van der Waals surface area contributed by atoms with E-state index in [1.54, 1.807) is 13.0 Å². The van der Waals surface area contributed by atoms with Crippen LogP contribution in [-0.4, -0.2) is 48.3 Å². The molecule has 1 N–H and O–H groups in total. The van der Waals surface area contributed by atoms with Crippen LogP contribution in [0.5, 0.6) is 17.2 Å². The molecule has 1 amide bonds. The van der Waals surface area contributed by atoms with Crippen molar-refractivity contribution in [1.29, 1.82) is 0 Å². The third kappa shape index (κ3) is 4.07. The van der Waals surface area contributed by atoms with Crippen LogP contribution >= 0.6 is 0 Å². The zero-order chi connectivity index (χ0) is 23.1. The number of nitrogens with one attached hydrogen (secondary N) is 1. The molecule has 0 aromatic heterocycles. The van der Waals surface area contributed by atoms with Crippen molar-refractivity contribution in [1.82, 2.24) is 0 Å². The minimum atomic E-state index is -4.22. The largest absolute Gasteiger partial charge is 0.492 e. The maximum Gasteiger partial charge on any atom is 0.265 e. The Morgan fingerprint density at radius 2 is 1.84 bits per heavy atom. The number of amides is 1. The van der Waals surface area contributed by atoms with E-state index < -0.39 is 31.9 Å². The first-order valence-electron chi connectivity index (χ1n) is 9.88. The van der Waals surface area contributed by atoms with Gasteiger partial charge in [-0.1, -0.05) is 6.92 Å². The smallest absolute Gasteiger partial charge is 0.265 e. The van der Waals surface area contributed by atoms with Crippen molar-refractivity contribution in [2.45, 2.75) is 18.7 Å². The van der Waals surface area contributed by atoms with Crippen LogP contribution in [0.2, 0.25) is 0 Å². The lowest BCUT2D eigenvalue weighted by atomic mass is 10.2. The number of sulfonamides is 2. The van der Waals surface area contributed by atoms with Crippen LogP contribution in [0.4, 0.5) is 11.4 Å². The van der Waals surface area contributed by atoms with Crippen molar-refractivity contribution in [3.05, 3.63) is 36.4 Å². The lowest BCUT2D eigenvalue weighted by molar-refractivity contribution is -0.119. The van der Waals surface area contributed by atoms with E-state index in [0.29, 0.717) is 29.0 Å². The molecular weight excluding hydrogens is 460 g/mol. The third-order valence-electron chi connectivity index (χ3n) is 4.91. The lowest BCUT2D eigenvalue weighted by Gasteiger charge is -2.20. The molecule has 0 spiro atoms. The first-order chi connectivity index (χ1) is 15.1. The molecule has 1 unspecified atom stereocenters. The van der Waals surface area contributed by atoms with E-state index in [9.17, 15) is 21.6 Å². The molecule has 32 heavy (non-hydrogen) atoms. The van der Waals surface area contributed by atoms with Gasteiger partial charge < -0.3 is 14.2 Å². The molecule has 2 aliphatic rings. The second-order valence-corrected chi connectivity index (χ2v) is 10.8. The molecule has 4 rings (SSSR count). The lowest BCUT2D eigenvalue weighted by Crippen LogP contribution is -2.30. The Morgan fingerprint density at radius 1 is 1.12 bits per heavy atom. The summed E-state index contributed by atoms with van der Waals surface area (Å²) in [5.41, 5.74) is 0.158. The molecular formula is C20H22N2O8S2. The molecule has 2 aromatic rings. The van der Waals surface area contributed by atoms with Gasteiger partial charge in [0.2, 0.25) is 15.9 Å². The van der Waals surface area contributed by atoms with Crippen molar-refractivity contribution in [2.75, 3.05) is 34.6 Å².